The smallest absolute Gasteiger partial charge is 0.344 e. The maximum Gasteiger partial charge on any atom is 0.344 e. The second-order valence-corrected chi connectivity index (χ2v) is 7.36. The maximum atomic E-state index is 12.6. The second kappa shape index (κ2) is 7.57. The van der Waals surface area contributed by atoms with Crippen molar-refractivity contribution in [2.45, 2.75) is 13.8 Å². The summed E-state index contributed by atoms with van der Waals surface area (Å²) in [5.41, 5.74) is 4.28. The molecule has 5 heteroatoms. The Hall–Kier alpha value is -3.37. The lowest BCUT2D eigenvalue weighted by molar-refractivity contribution is 0.102. The molecule has 0 unspecified atom stereocenters. The lowest BCUT2D eigenvalue weighted by Crippen LogP contribution is -2.13. The first-order valence-corrected chi connectivity index (χ1v) is 9.51. The van der Waals surface area contributed by atoms with Gasteiger partial charge in [0.05, 0.1) is 16.1 Å². The van der Waals surface area contributed by atoms with E-state index in [0.29, 0.717) is 27.4 Å². The van der Waals surface area contributed by atoms with Gasteiger partial charge in [0.25, 0.3) is 5.91 Å². The van der Waals surface area contributed by atoms with Crippen LogP contribution < -0.4 is 10.9 Å². The van der Waals surface area contributed by atoms with Gasteiger partial charge in [0, 0.05) is 11.1 Å². The van der Waals surface area contributed by atoms with Gasteiger partial charge in [-0.15, -0.1) is 0 Å². The van der Waals surface area contributed by atoms with Crippen LogP contribution in [0.3, 0.4) is 0 Å². The van der Waals surface area contributed by atoms with Crippen LogP contribution in [0.1, 0.15) is 21.5 Å². The Kier molecular flexibility index (Phi) is 4.95. The first-order valence-electron chi connectivity index (χ1n) is 9.14. The van der Waals surface area contributed by atoms with E-state index in [-0.39, 0.29) is 5.91 Å². The molecule has 1 amide bonds. The molecule has 1 heterocycles. The third-order valence-corrected chi connectivity index (χ3v) is 5.10. The fourth-order valence-corrected chi connectivity index (χ4v) is 3.62. The van der Waals surface area contributed by atoms with E-state index in [4.69, 9.17) is 16.0 Å². The van der Waals surface area contributed by atoms with Crippen LogP contribution >= 0.6 is 11.6 Å². The van der Waals surface area contributed by atoms with Crippen LogP contribution in [-0.2, 0) is 0 Å². The van der Waals surface area contributed by atoms with Gasteiger partial charge in [0.1, 0.15) is 5.58 Å². The lowest BCUT2D eigenvalue weighted by Gasteiger charge is -2.11. The van der Waals surface area contributed by atoms with Crippen LogP contribution in [0.2, 0.25) is 5.02 Å². The fraction of sp³-hybridized carbons (Fsp3) is 0.0833. The predicted octanol–water partition coefficient (Wildman–Crippen LogP) is 5.98. The Morgan fingerprint density at radius 2 is 1.72 bits per heavy atom. The van der Waals surface area contributed by atoms with Crippen LogP contribution in [0, 0.1) is 13.8 Å². The summed E-state index contributed by atoms with van der Waals surface area (Å²) in [5.74, 6) is -0.285. The number of amides is 1. The number of halogens is 1. The number of carbonyl (C=O) groups is 1. The standard InChI is InChI=1S/C24H18ClNO3/c1-14-7-9-19(21(25)11-14)23(27)26-17-8-10-18(15(2)12-17)20-13-16-5-3-4-6-22(16)29-24(20)28/h3-13H,1-2H3,(H,26,27). The molecule has 144 valence electrons. The number of carbonyl (C=O) groups excluding carboxylic acids is 1. The first-order chi connectivity index (χ1) is 13.9. The van der Waals surface area contributed by atoms with Gasteiger partial charge in [0.15, 0.2) is 0 Å². The van der Waals surface area contributed by atoms with Crippen LogP contribution in [0.15, 0.2) is 75.9 Å². The van der Waals surface area contributed by atoms with Gasteiger partial charge >= 0.3 is 5.63 Å². The molecule has 0 bridgehead atoms. The van der Waals surface area contributed by atoms with E-state index in [9.17, 15) is 9.59 Å². The molecule has 0 spiro atoms. The molecule has 1 N–H and O–H groups in total. The highest BCUT2D eigenvalue weighted by atomic mass is 35.5. The molecule has 0 atom stereocenters. The van der Waals surface area contributed by atoms with Gasteiger partial charge in [0.2, 0.25) is 0 Å². The van der Waals surface area contributed by atoms with Gasteiger partial charge in [-0.05, 0) is 66.9 Å². The van der Waals surface area contributed by atoms with Crippen LogP contribution in [0.25, 0.3) is 22.1 Å². The van der Waals surface area contributed by atoms with Crippen LogP contribution in [-0.4, -0.2) is 5.91 Å². The second-order valence-electron chi connectivity index (χ2n) is 6.95. The van der Waals surface area contributed by atoms with Crippen molar-refractivity contribution in [1.29, 1.82) is 0 Å². The summed E-state index contributed by atoms with van der Waals surface area (Å²) in [6.07, 6.45) is 0. The number of para-hydroxylation sites is 1. The Labute approximate surface area is 172 Å². The van der Waals surface area contributed by atoms with E-state index in [1.54, 1.807) is 24.3 Å². The summed E-state index contributed by atoms with van der Waals surface area (Å²) >= 11 is 6.19. The summed E-state index contributed by atoms with van der Waals surface area (Å²) < 4.78 is 5.44. The molecule has 1 aromatic heterocycles. The Morgan fingerprint density at radius 3 is 2.48 bits per heavy atom. The molecule has 0 aliphatic carbocycles. The minimum Gasteiger partial charge on any atom is -0.422 e. The molecule has 0 saturated carbocycles. The molecule has 4 rings (SSSR count). The number of aryl methyl sites for hydroxylation is 2. The highest BCUT2D eigenvalue weighted by Gasteiger charge is 2.13. The van der Waals surface area contributed by atoms with Crippen molar-refractivity contribution in [1.82, 2.24) is 0 Å². The average Bonchev–Trinajstić information content (AvgIpc) is 2.68. The Morgan fingerprint density at radius 1 is 0.931 bits per heavy atom. The highest BCUT2D eigenvalue weighted by molar-refractivity contribution is 6.34. The Balaban J connectivity index is 1.66. The summed E-state index contributed by atoms with van der Waals surface area (Å²) in [5, 5.41) is 4.12. The lowest BCUT2D eigenvalue weighted by atomic mass is 10.0. The van der Waals surface area contributed by atoms with Crippen molar-refractivity contribution < 1.29 is 9.21 Å². The van der Waals surface area contributed by atoms with Crippen molar-refractivity contribution in [3.63, 3.8) is 0 Å². The van der Waals surface area contributed by atoms with Crippen LogP contribution in [0.5, 0.6) is 0 Å². The molecule has 0 radical (unpaired) electrons. The third-order valence-electron chi connectivity index (χ3n) is 4.79. The van der Waals surface area contributed by atoms with Gasteiger partial charge < -0.3 is 9.73 Å². The van der Waals surface area contributed by atoms with E-state index < -0.39 is 5.63 Å². The number of rotatable bonds is 3. The van der Waals surface area contributed by atoms with Gasteiger partial charge in [-0.2, -0.15) is 0 Å². The topological polar surface area (TPSA) is 59.3 Å². The van der Waals surface area contributed by atoms with Crippen molar-refractivity contribution in [2.75, 3.05) is 5.32 Å². The number of benzene rings is 3. The molecule has 3 aromatic carbocycles. The number of anilines is 1. The van der Waals surface area contributed by atoms with E-state index in [0.717, 1.165) is 22.1 Å². The summed E-state index contributed by atoms with van der Waals surface area (Å²) in [7, 11) is 0. The molecule has 4 aromatic rings. The van der Waals surface area contributed by atoms with E-state index in [1.165, 1.54) is 0 Å². The van der Waals surface area contributed by atoms with Crippen molar-refractivity contribution in [3.05, 3.63) is 98.9 Å². The summed E-state index contributed by atoms with van der Waals surface area (Å²) in [6.45, 7) is 3.80. The minimum atomic E-state index is -0.393. The molecule has 0 saturated heterocycles. The van der Waals surface area contributed by atoms with Crippen LogP contribution in [0.4, 0.5) is 5.69 Å². The van der Waals surface area contributed by atoms with Gasteiger partial charge in [-0.3, -0.25) is 4.79 Å². The summed E-state index contributed by atoms with van der Waals surface area (Å²) in [6, 6.07) is 19.9. The Bertz CT molecular complexity index is 1310. The van der Waals surface area contributed by atoms with E-state index in [2.05, 4.69) is 5.32 Å². The number of hydrogen-bond acceptors (Lipinski definition) is 3. The number of hydrogen-bond donors (Lipinski definition) is 1. The zero-order chi connectivity index (χ0) is 20.5. The number of fused-ring (bicyclic) bond motifs is 1. The molecular formula is C24H18ClNO3. The molecular weight excluding hydrogens is 386 g/mol. The highest BCUT2D eigenvalue weighted by Crippen LogP contribution is 2.27. The van der Waals surface area contributed by atoms with E-state index in [1.807, 2.05) is 56.3 Å². The number of nitrogens with one attached hydrogen (secondary N) is 1. The van der Waals surface area contributed by atoms with Crippen molar-refractivity contribution >= 4 is 34.2 Å². The largest absolute Gasteiger partial charge is 0.422 e. The molecule has 29 heavy (non-hydrogen) atoms. The molecule has 0 aliphatic rings. The maximum absolute atomic E-state index is 12.6. The fourth-order valence-electron chi connectivity index (χ4n) is 3.30. The van der Waals surface area contributed by atoms with Gasteiger partial charge in [-0.1, -0.05) is 41.9 Å². The summed E-state index contributed by atoms with van der Waals surface area (Å²) in [4.78, 5) is 25.0. The quantitative estimate of drug-likeness (QED) is 0.428. The molecule has 0 fully saturated rings. The predicted molar refractivity (Wildman–Crippen MR) is 117 cm³/mol. The zero-order valence-corrected chi connectivity index (χ0v) is 16.7. The monoisotopic (exact) mass is 403 g/mol. The first kappa shape index (κ1) is 19.0. The van der Waals surface area contributed by atoms with Crippen molar-refractivity contribution in [3.8, 4) is 11.1 Å². The normalized spacial score (nSPS) is 10.9. The van der Waals surface area contributed by atoms with Crippen molar-refractivity contribution in [2.24, 2.45) is 0 Å². The minimum absolute atomic E-state index is 0.285. The zero-order valence-electron chi connectivity index (χ0n) is 16.0. The molecule has 4 nitrogen and oxygen atoms in total. The molecule has 0 aliphatic heterocycles. The van der Waals surface area contributed by atoms with Gasteiger partial charge in [-0.25, -0.2) is 4.79 Å². The SMILES string of the molecule is Cc1ccc(C(=O)Nc2ccc(-c3cc4ccccc4oc3=O)c(C)c2)c(Cl)c1. The van der Waals surface area contributed by atoms with E-state index >= 15 is 0 Å². The average molecular weight is 404 g/mol. The third kappa shape index (κ3) is 3.80.